The van der Waals surface area contributed by atoms with Gasteiger partial charge in [-0.25, -0.2) is 0 Å². The van der Waals surface area contributed by atoms with Crippen LogP contribution in [-0.4, -0.2) is 11.2 Å². The van der Waals surface area contributed by atoms with Crippen molar-refractivity contribution in [3.05, 3.63) is 0 Å². The molecule has 0 saturated heterocycles. The molecule has 60 valence electrons. The second-order valence-electron chi connectivity index (χ2n) is 3.42. The standard InChI is InChI=1S/C9H18O/c1-3-5-7-6-8(7)9(10)4-2/h7-10H,3-6H2,1-2H3/t7-,8-,9+/m0/s1. The Labute approximate surface area is 63.4 Å². The summed E-state index contributed by atoms with van der Waals surface area (Å²) in [6.07, 6.45) is 4.81. The van der Waals surface area contributed by atoms with Gasteiger partial charge < -0.3 is 5.11 Å². The van der Waals surface area contributed by atoms with Crippen molar-refractivity contribution in [3.8, 4) is 0 Å². The maximum atomic E-state index is 9.39. The molecule has 0 heterocycles. The third-order valence-corrected chi connectivity index (χ3v) is 2.55. The van der Waals surface area contributed by atoms with Crippen LogP contribution in [0.2, 0.25) is 0 Å². The molecule has 10 heavy (non-hydrogen) atoms. The van der Waals surface area contributed by atoms with E-state index in [2.05, 4.69) is 13.8 Å². The van der Waals surface area contributed by atoms with E-state index in [0.29, 0.717) is 5.92 Å². The largest absolute Gasteiger partial charge is 0.393 e. The molecule has 0 radical (unpaired) electrons. The van der Waals surface area contributed by atoms with Crippen LogP contribution in [0.3, 0.4) is 0 Å². The van der Waals surface area contributed by atoms with Gasteiger partial charge in [-0.05, 0) is 24.7 Å². The first-order valence-electron chi connectivity index (χ1n) is 4.47. The van der Waals surface area contributed by atoms with Gasteiger partial charge in [-0.3, -0.25) is 0 Å². The van der Waals surface area contributed by atoms with Gasteiger partial charge in [-0.1, -0.05) is 26.7 Å². The van der Waals surface area contributed by atoms with Crippen molar-refractivity contribution in [3.63, 3.8) is 0 Å². The molecule has 0 unspecified atom stereocenters. The Morgan fingerprint density at radius 2 is 2.20 bits per heavy atom. The minimum absolute atomic E-state index is 0.00319. The number of aliphatic hydroxyl groups excluding tert-OH is 1. The number of hydrogen-bond donors (Lipinski definition) is 1. The van der Waals surface area contributed by atoms with Crippen molar-refractivity contribution >= 4 is 0 Å². The van der Waals surface area contributed by atoms with Gasteiger partial charge in [0.1, 0.15) is 0 Å². The lowest BCUT2D eigenvalue weighted by atomic mass is 10.1. The van der Waals surface area contributed by atoms with Gasteiger partial charge in [0.15, 0.2) is 0 Å². The molecule has 0 aliphatic heterocycles. The number of hydrogen-bond acceptors (Lipinski definition) is 1. The summed E-state index contributed by atoms with van der Waals surface area (Å²) in [5, 5.41) is 9.39. The SMILES string of the molecule is CCC[C@H]1C[C@@H]1[C@H](O)CC. The normalized spacial score (nSPS) is 33.9. The Morgan fingerprint density at radius 1 is 1.50 bits per heavy atom. The molecule has 0 aromatic rings. The summed E-state index contributed by atoms with van der Waals surface area (Å²) in [4.78, 5) is 0. The summed E-state index contributed by atoms with van der Waals surface area (Å²) in [7, 11) is 0. The summed E-state index contributed by atoms with van der Waals surface area (Å²) in [5.74, 6) is 1.52. The van der Waals surface area contributed by atoms with E-state index in [1.54, 1.807) is 0 Å². The first-order chi connectivity index (χ1) is 4.79. The Hall–Kier alpha value is -0.0400. The minimum Gasteiger partial charge on any atom is -0.393 e. The van der Waals surface area contributed by atoms with Crippen LogP contribution in [0, 0.1) is 11.8 Å². The van der Waals surface area contributed by atoms with Crippen LogP contribution < -0.4 is 0 Å². The molecule has 1 fully saturated rings. The molecule has 0 aromatic heterocycles. The highest BCUT2D eigenvalue weighted by Crippen LogP contribution is 2.45. The first kappa shape index (κ1) is 8.06. The zero-order valence-corrected chi connectivity index (χ0v) is 7.01. The van der Waals surface area contributed by atoms with Crippen molar-refractivity contribution in [2.24, 2.45) is 11.8 Å². The second-order valence-corrected chi connectivity index (χ2v) is 3.42. The fourth-order valence-electron chi connectivity index (χ4n) is 1.75. The molecule has 0 aromatic carbocycles. The van der Waals surface area contributed by atoms with Gasteiger partial charge in [-0.2, -0.15) is 0 Å². The van der Waals surface area contributed by atoms with Gasteiger partial charge in [0.2, 0.25) is 0 Å². The Balaban J connectivity index is 2.12. The zero-order chi connectivity index (χ0) is 7.56. The van der Waals surface area contributed by atoms with Crippen molar-refractivity contribution in [2.45, 2.75) is 45.6 Å². The molecule has 0 bridgehead atoms. The maximum absolute atomic E-state index is 9.39. The van der Waals surface area contributed by atoms with E-state index in [9.17, 15) is 5.11 Å². The fourth-order valence-corrected chi connectivity index (χ4v) is 1.75. The molecule has 1 rings (SSSR count). The van der Waals surface area contributed by atoms with Crippen LogP contribution in [0.15, 0.2) is 0 Å². The van der Waals surface area contributed by atoms with Crippen LogP contribution in [0.5, 0.6) is 0 Å². The summed E-state index contributed by atoms with van der Waals surface area (Å²) in [6, 6.07) is 0. The monoisotopic (exact) mass is 142 g/mol. The second kappa shape index (κ2) is 3.38. The van der Waals surface area contributed by atoms with E-state index in [0.717, 1.165) is 12.3 Å². The van der Waals surface area contributed by atoms with Gasteiger partial charge in [0, 0.05) is 0 Å². The Morgan fingerprint density at radius 3 is 2.70 bits per heavy atom. The van der Waals surface area contributed by atoms with Gasteiger partial charge in [-0.15, -0.1) is 0 Å². The van der Waals surface area contributed by atoms with Crippen LogP contribution in [0.1, 0.15) is 39.5 Å². The molecule has 0 spiro atoms. The average molecular weight is 142 g/mol. The first-order valence-corrected chi connectivity index (χ1v) is 4.47. The summed E-state index contributed by atoms with van der Waals surface area (Å²) >= 11 is 0. The molecule has 1 aliphatic rings. The van der Waals surface area contributed by atoms with E-state index >= 15 is 0 Å². The molecule has 1 nitrogen and oxygen atoms in total. The molecule has 1 heteroatoms. The third-order valence-electron chi connectivity index (χ3n) is 2.55. The zero-order valence-electron chi connectivity index (χ0n) is 7.01. The summed E-state index contributed by atoms with van der Waals surface area (Å²) in [5.41, 5.74) is 0. The topological polar surface area (TPSA) is 20.2 Å². The predicted molar refractivity (Wildman–Crippen MR) is 42.8 cm³/mol. The molecule has 0 amide bonds. The van der Waals surface area contributed by atoms with Gasteiger partial charge >= 0.3 is 0 Å². The fraction of sp³-hybridized carbons (Fsp3) is 1.00. The van der Waals surface area contributed by atoms with Crippen LogP contribution in [-0.2, 0) is 0 Å². The Kier molecular flexibility index (Phi) is 2.72. The van der Waals surface area contributed by atoms with E-state index in [4.69, 9.17) is 0 Å². The quantitative estimate of drug-likeness (QED) is 0.638. The molecular formula is C9H18O. The van der Waals surface area contributed by atoms with Crippen molar-refractivity contribution < 1.29 is 5.11 Å². The average Bonchev–Trinajstić information content (AvgIpc) is 2.67. The smallest absolute Gasteiger partial charge is 0.0568 e. The Bertz CT molecular complexity index is 101. The van der Waals surface area contributed by atoms with Crippen molar-refractivity contribution in [1.29, 1.82) is 0 Å². The van der Waals surface area contributed by atoms with Crippen LogP contribution in [0.4, 0.5) is 0 Å². The number of rotatable bonds is 4. The maximum Gasteiger partial charge on any atom is 0.0568 e. The third kappa shape index (κ3) is 1.72. The van der Waals surface area contributed by atoms with Gasteiger partial charge in [0.25, 0.3) is 0 Å². The lowest BCUT2D eigenvalue weighted by molar-refractivity contribution is 0.140. The van der Waals surface area contributed by atoms with Crippen LogP contribution in [0.25, 0.3) is 0 Å². The highest BCUT2D eigenvalue weighted by atomic mass is 16.3. The predicted octanol–water partition coefficient (Wildman–Crippen LogP) is 2.19. The molecule has 1 N–H and O–H groups in total. The molecule has 1 saturated carbocycles. The van der Waals surface area contributed by atoms with E-state index in [-0.39, 0.29) is 6.10 Å². The lowest BCUT2D eigenvalue weighted by Gasteiger charge is -2.04. The van der Waals surface area contributed by atoms with Crippen molar-refractivity contribution in [1.82, 2.24) is 0 Å². The molecular weight excluding hydrogens is 124 g/mol. The van der Waals surface area contributed by atoms with E-state index < -0.39 is 0 Å². The van der Waals surface area contributed by atoms with Crippen molar-refractivity contribution in [2.75, 3.05) is 0 Å². The summed E-state index contributed by atoms with van der Waals surface area (Å²) < 4.78 is 0. The van der Waals surface area contributed by atoms with Crippen LogP contribution >= 0.6 is 0 Å². The highest BCUT2D eigenvalue weighted by Gasteiger charge is 2.40. The van der Waals surface area contributed by atoms with E-state index in [1.165, 1.54) is 19.3 Å². The van der Waals surface area contributed by atoms with Gasteiger partial charge in [0.05, 0.1) is 6.10 Å². The number of aliphatic hydroxyl groups is 1. The van der Waals surface area contributed by atoms with E-state index in [1.807, 2.05) is 0 Å². The molecule has 1 aliphatic carbocycles. The summed E-state index contributed by atoms with van der Waals surface area (Å²) in [6.45, 7) is 4.28. The minimum atomic E-state index is -0.00319. The lowest BCUT2D eigenvalue weighted by Crippen LogP contribution is -2.08. The molecule has 3 atom stereocenters. The highest BCUT2D eigenvalue weighted by molar-refractivity contribution is 4.90.